The zero-order valence-corrected chi connectivity index (χ0v) is 14.4. The van der Waals surface area contributed by atoms with Crippen molar-refractivity contribution in [2.24, 2.45) is 23.2 Å². The molecule has 0 aromatic carbocycles. The van der Waals surface area contributed by atoms with Crippen molar-refractivity contribution in [3.63, 3.8) is 0 Å². The molecule has 0 bridgehead atoms. The molecule has 0 radical (unpaired) electrons. The average Bonchev–Trinajstić information content (AvgIpc) is 2.41. The van der Waals surface area contributed by atoms with Crippen LogP contribution in [0.3, 0.4) is 0 Å². The molecule has 1 saturated heterocycles. The molecule has 3 nitrogen and oxygen atoms in total. The Morgan fingerprint density at radius 1 is 1.14 bits per heavy atom. The van der Waals surface area contributed by atoms with Gasteiger partial charge in [0.25, 0.3) is 0 Å². The highest BCUT2D eigenvalue weighted by atomic mass is 16.5. The van der Waals surface area contributed by atoms with Gasteiger partial charge in [0, 0.05) is 38.6 Å². The van der Waals surface area contributed by atoms with E-state index in [1.807, 2.05) is 0 Å². The van der Waals surface area contributed by atoms with E-state index >= 15 is 0 Å². The van der Waals surface area contributed by atoms with Crippen LogP contribution in [0.5, 0.6) is 0 Å². The Balaban J connectivity index is 1.83. The van der Waals surface area contributed by atoms with Gasteiger partial charge in [-0.05, 0) is 50.0 Å². The lowest BCUT2D eigenvalue weighted by molar-refractivity contribution is -0.127. The summed E-state index contributed by atoms with van der Waals surface area (Å²) in [6.45, 7) is 10.8. The molecule has 1 aliphatic heterocycles. The van der Waals surface area contributed by atoms with Crippen molar-refractivity contribution in [2.45, 2.75) is 52.9 Å². The van der Waals surface area contributed by atoms with E-state index in [-0.39, 0.29) is 5.92 Å². The minimum atomic E-state index is 0.257. The van der Waals surface area contributed by atoms with Gasteiger partial charge in [0.2, 0.25) is 0 Å². The maximum Gasteiger partial charge on any atom is 0.137 e. The molecule has 2 rings (SSSR count). The maximum atomic E-state index is 12.2. The smallest absolute Gasteiger partial charge is 0.137 e. The van der Waals surface area contributed by atoms with Gasteiger partial charge in [-0.3, -0.25) is 4.79 Å². The average molecular weight is 295 g/mol. The van der Waals surface area contributed by atoms with E-state index in [4.69, 9.17) is 4.74 Å². The van der Waals surface area contributed by atoms with Crippen molar-refractivity contribution in [2.75, 3.05) is 33.4 Å². The first-order chi connectivity index (χ1) is 9.86. The van der Waals surface area contributed by atoms with Crippen molar-refractivity contribution in [3.05, 3.63) is 0 Å². The second-order valence-electron chi connectivity index (χ2n) is 8.28. The van der Waals surface area contributed by atoms with Crippen molar-refractivity contribution in [3.8, 4) is 0 Å². The van der Waals surface area contributed by atoms with Crippen molar-refractivity contribution < 1.29 is 9.53 Å². The standard InChI is InChI=1S/C18H33NO2/c1-18(2,3)16-5-6-17(20)15(11-16)13-19(4)12-14-7-9-21-10-8-14/h14-16H,5-13H2,1-4H3. The van der Waals surface area contributed by atoms with E-state index in [1.54, 1.807) is 0 Å². The molecule has 2 aliphatic rings. The van der Waals surface area contributed by atoms with Crippen LogP contribution in [0.1, 0.15) is 52.9 Å². The van der Waals surface area contributed by atoms with Gasteiger partial charge in [0.1, 0.15) is 5.78 Å². The summed E-state index contributed by atoms with van der Waals surface area (Å²) in [7, 11) is 2.18. The molecule has 2 fully saturated rings. The first-order valence-corrected chi connectivity index (χ1v) is 8.65. The summed E-state index contributed by atoms with van der Waals surface area (Å²) in [4.78, 5) is 14.6. The van der Waals surface area contributed by atoms with Crippen LogP contribution in [-0.4, -0.2) is 44.0 Å². The molecule has 0 N–H and O–H groups in total. The number of hydrogen-bond acceptors (Lipinski definition) is 3. The van der Waals surface area contributed by atoms with Crippen LogP contribution in [0, 0.1) is 23.2 Å². The SMILES string of the molecule is CN(CC1CCOCC1)CC1CC(C(C)(C)C)CCC1=O. The fourth-order valence-corrected chi connectivity index (χ4v) is 3.90. The Hall–Kier alpha value is -0.410. The van der Waals surface area contributed by atoms with E-state index in [2.05, 4.69) is 32.7 Å². The topological polar surface area (TPSA) is 29.5 Å². The molecule has 2 unspecified atom stereocenters. The lowest BCUT2D eigenvalue weighted by Crippen LogP contribution is -2.40. The van der Waals surface area contributed by atoms with Gasteiger partial charge in [0.15, 0.2) is 0 Å². The second-order valence-corrected chi connectivity index (χ2v) is 8.28. The van der Waals surface area contributed by atoms with Crippen molar-refractivity contribution >= 4 is 5.78 Å². The third-order valence-corrected chi connectivity index (χ3v) is 5.43. The fraction of sp³-hybridized carbons (Fsp3) is 0.944. The minimum Gasteiger partial charge on any atom is -0.381 e. The molecule has 1 heterocycles. The largest absolute Gasteiger partial charge is 0.381 e. The maximum absolute atomic E-state index is 12.2. The molecule has 21 heavy (non-hydrogen) atoms. The van der Waals surface area contributed by atoms with E-state index < -0.39 is 0 Å². The molecule has 3 heteroatoms. The monoisotopic (exact) mass is 295 g/mol. The molecular formula is C18H33NO2. The summed E-state index contributed by atoms with van der Waals surface area (Å²) in [5.41, 5.74) is 0.332. The van der Waals surface area contributed by atoms with E-state index in [0.717, 1.165) is 51.5 Å². The number of ketones is 1. The summed E-state index contributed by atoms with van der Waals surface area (Å²) < 4.78 is 5.43. The quantitative estimate of drug-likeness (QED) is 0.796. The van der Waals surface area contributed by atoms with Crippen LogP contribution in [0.2, 0.25) is 0 Å². The minimum absolute atomic E-state index is 0.257. The van der Waals surface area contributed by atoms with Crippen molar-refractivity contribution in [1.82, 2.24) is 4.90 Å². The highest BCUT2D eigenvalue weighted by Crippen LogP contribution is 2.39. The normalized spacial score (nSPS) is 29.1. The van der Waals surface area contributed by atoms with Crippen LogP contribution in [0.4, 0.5) is 0 Å². The highest BCUT2D eigenvalue weighted by molar-refractivity contribution is 5.82. The van der Waals surface area contributed by atoms with E-state index in [1.165, 1.54) is 12.8 Å². The van der Waals surface area contributed by atoms with Crippen LogP contribution < -0.4 is 0 Å². The number of Topliss-reactive ketones (excluding diaryl/α,β-unsaturated/α-hetero) is 1. The third-order valence-electron chi connectivity index (χ3n) is 5.43. The summed E-state index contributed by atoms with van der Waals surface area (Å²) in [5, 5.41) is 0. The lowest BCUT2D eigenvalue weighted by atomic mass is 9.68. The predicted octanol–water partition coefficient (Wildman–Crippen LogP) is 3.38. The van der Waals surface area contributed by atoms with E-state index in [0.29, 0.717) is 17.1 Å². The predicted molar refractivity (Wildman–Crippen MR) is 86.3 cm³/mol. The van der Waals surface area contributed by atoms with Gasteiger partial charge in [-0.25, -0.2) is 0 Å². The van der Waals surface area contributed by atoms with Crippen LogP contribution in [0.25, 0.3) is 0 Å². The van der Waals surface area contributed by atoms with Crippen LogP contribution >= 0.6 is 0 Å². The molecule has 2 atom stereocenters. The fourth-order valence-electron chi connectivity index (χ4n) is 3.90. The lowest BCUT2D eigenvalue weighted by Gasteiger charge is -2.38. The number of rotatable bonds is 4. The number of carbonyl (C=O) groups is 1. The number of carbonyl (C=O) groups excluding carboxylic acids is 1. The van der Waals surface area contributed by atoms with Gasteiger partial charge in [-0.1, -0.05) is 20.8 Å². The van der Waals surface area contributed by atoms with E-state index in [9.17, 15) is 4.79 Å². The van der Waals surface area contributed by atoms with Crippen molar-refractivity contribution in [1.29, 1.82) is 0 Å². The summed E-state index contributed by atoms with van der Waals surface area (Å²) in [6, 6.07) is 0. The number of ether oxygens (including phenoxy) is 1. The molecule has 1 aliphatic carbocycles. The van der Waals surface area contributed by atoms with Gasteiger partial charge in [0.05, 0.1) is 0 Å². The molecule has 0 spiro atoms. The number of hydrogen-bond donors (Lipinski definition) is 0. The highest BCUT2D eigenvalue weighted by Gasteiger charge is 2.35. The first kappa shape index (κ1) is 17.0. The zero-order valence-electron chi connectivity index (χ0n) is 14.4. The molecule has 1 saturated carbocycles. The van der Waals surface area contributed by atoms with Gasteiger partial charge < -0.3 is 9.64 Å². The van der Waals surface area contributed by atoms with Gasteiger partial charge >= 0.3 is 0 Å². The Kier molecular flexibility index (Phi) is 5.84. The van der Waals surface area contributed by atoms with Gasteiger partial charge in [-0.2, -0.15) is 0 Å². The second kappa shape index (κ2) is 7.23. The Labute approximate surface area is 130 Å². The first-order valence-electron chi connectivity index (χ1n) is 8.65. The third kappa shape index (κ3) is 5.07. The Morgan fingerprint density at radius 2 is 1.81 bits per heavy atom. The Morgan fingerprint density at radius 3 is 2.43 bits per heavy atom. The summed E-state index contributed by atoms with van der Waals surface area (Å²) in [5.74, 6) is 2.19. The van der Waals surface area contributed by atoms with Gasteiger partial charge in [-0.15, -0.1) is 0 Å². The van der Waals surface area contributed by atoms with Crippen LogP contribution in [0.15, 0.2) is 0 Å². The Bertz CT molecular complexity index is 342. The molecule has 122 valence electrons. The summed E-state index contributed by atoms with van der Waals surface area (Å²) >= 11 is 0. The molecular weight excluding hydrogens is 262 g/mol. The van der Waals surface area contributed by atoms with Crippen LogP contribution in [-0.2, 0) is 9.53 Å². The molecule has 0 aromatic rings. The molecule has 0 aromatic heterocycles. The number of nitrogens with zero attached hydrogens (tertiary/aromatic N) is 1. The zero-order chi connectivity index (χ0) is 15.5. The molecule has 0 amide bonds. The summed E-state index contributed by atoms with van der Waals surface area (Å²) in [6.07, 6.45) is 5.31.